The van der Waals surface area contributed by atoms with Crippen molar-refractivity contribution in [2.24, 2.45) is 4.99 Å². The second-order valence-corrected chi connectivity index (χ2v) is 5.31. The van der Waals surface area contributed by atoms with Gasteiger partial charge in [0.05, 0.1) is 12.1 Å². The maximum absolute atomic E-state index is 13.2. The Balaban J connectivity index is 2.34. The monoisotopic (exact) mass is 319 g/mol. The first-order valence-corrected chi connectivity index (χ1v) is 7.07. The van der Waals surface area contributed by atoms with Gasteiger partial charge < -0.3 is 0 Å². The summed E-state index contributed by atoms with van der Waals surface area (Å²) < 4.78 is 39.5. The van der Waals surface area contributed by atoms with Crippen molar-refractivity contribution in [1.82, 2.24) is 0 Å². The van der Waals surface area contributed by atoms with Gasteiger partial charge in [-0.1, -0.05) is 35.9 Å². The predicted molar refractivity (Wildman–Crippen MR) is 84.5 cm³/mol. The van der Waals surface area contributed by atoms with Gasteiger partial charge in [0.25, 0.3) is 0 Å². The molecule has 2 nitrogen and oxygen atoms in total. The molecule has 0 aromatic heterocycles. The summed E-state index contributed by atoms with van der Waals surface area (Å²) in [6.45, 7) is 3.49. The Kier molecular flexibility index (Phi) is 4.98. The Hall–Kier alpha value is -2.43. The molecule has 0 atom stereocenters. The van der Waals surface area contributed by atoms with E-state index in [9.17, 15) is 18.0 Å². The van der Waals surface area contributed by atoms with Gasteiger partial charge in [0.1, 0.15) is 5.71 Å². The molecular weight excluding hydrogens is 303 g/mol. The number of alkyl halides is 3. The number of hydrogen-bond acceptors (Lipinski definition) is 2. The standard InChI is InChI=1S/C18H16F3NO/c1-12-8-9-13(2)15(10-12)16(23)11-17(18(19,20)21)22-14-6-4-3-5-7-14/h3-10H,11H2,1-2H3. The molecule has 120 valence electrons. The van der Waals surface area contributed by atoms with Crippen LogP contribution in [0.3, 0.4) is 0 Å². The van der Waals surface area contributed by atoms with Crippen LogP contribution < -0.4 is 0 Å². The number of carbonyl (C=O) groups is 1. The van der Waals surface area contributed by atoms with Gasteiger partial charge in [-0.2, -0.15) is 13.2 Å². The highest BCUT2D eigenvalue weighted by Crippen LogP contribution is 2.25. The summed E-state index contributed by atoms with van der Waals surface area (Å²) in [6.07, 6.45) is -5.42. The fourth-order valence-corrected chi connectivity index (χ4v) is 2.15. The van der Waals surface area contributed by atoms with E-state index in [1.807, 2.05) is 6.07 Å². The first-order chi connectivity index (χ1) is 10.8. The van der Waals surface area contributed by atoms with Crippen molar-refractivity contribution in [3.8, 4) is 0 Å². The van der Waals surface area contributed by atoms with E-state index in [0.29, 0.717) is 11.1 Å². The van der Waals surface area contributed by atoms with Crippen LogP contribution in [0.5, 0.6) is 0 Å². The Bertz CT molecular complexity index is 734. The number of aryl methyl sites for hydroxylation is 2. The molecular formula is C18H16F3NO. The van der Waals surface area contributed by atoms with E-state index >= 15 is 0 Å². The molecule has 0 spiro atoms. The fourth-order valence-electron chi connectivity index (χ4n) is 2.15. The third-order valence-electron chi connectivity index (χ3n) is 3.37. The molecule has 0 saturated heterocycles. The molecule has 0 N–H and O–H groups in total. The van der Waals surface area contributed by atoms with Gasteiger partial charge >= 0.3 is 6.18 Å². The summed E-state index contributed by atoms with van der Waals surface area (Å²) in [7, 11) is 0. The largest absolute Gasteiger partial charge is 0.429 e. The lowest BCUT2D eigenvalue weighted by Crippen LogP contribution is -2.26. The van der Waals surface area contributed by atoms with Crippen molar-refractivity contribution in [2.45, 2.75) is 26.4 Å². The molecule has 0 unspecified atom stereocenters. The molecule has 2 aromatic carbocycles. The zero-order valence-electron chi connectivity index (χ0n) is 12.8. The second-order valence-electron chi connectivity index (χ2n) is 5.31. The maximum atomic E-state index is 13.2. The molecule has 0 heterocycles. The van der Waals surface area contributed by atoms with E-state index in [0.717, 1.165) is 5.56 Å². The lowest BCUT2D eigenvalue weighted by molar-refractivity contribution is -0.0601. The van der Waals surface area contributed by atoms with Gasteiger partial charge in [-0.25, -0.2) is 4.99 Å². The summed E-state index contributed by atoms with van der Waals surface area (Å²) in [5.41, 5.74) is 0.868. The number of carbonyl (C=O) groups excluding carboxylic acids is 1. The van der Waals surface area contributed by atoms with E-state index in [1.54, 1.807) is 44.2 Å². The van der Waals surface area contributed by atoms with E-state index in [4.69, 9.17) is 0 Å². The average Bonchev–Trinajstić information content (AvgIpc) is 2.49. The number of Topliss-reactive ketones (excluding diaryl/α,β-unsaturated/α-hetero) is 1. The first kappa shape index (κ1) is 16.9. The van der Waals surface area contributed by atoms with Gasteiger partial charge in [0.2, 0.25) is 0 Å². The summed E-state index contributed by atoms with van der Waals surface area (Å²) in [5.74, 6) is -0.585. The second kappa shape index (κ2) is 6.77. The molecule has 0 bridgehead atoms. The number of halogens is 3. The Morgan fingerprint density at radius 3 is 2.30 bits per heavy atom. The van der Waals surface area contributed by atoms with Crippen LogP contribution in [0.1, 0.15) is 27.9 Å². The normalized spacial score (nSPS) is 12.3. The number of nitrogens with zero attached hydrogens (tertiary/aromatic N) is 1. The quantitative estimate of drug-likeness (QED) is 0.562. The Morgan fingerprint density at radius 1 is 1.04 bits per heavy atom. The van der Waals surface area contributed by atoms with E-state index < -0.39 is 24.1 Å². The average molecular weight is 319 g/mol. The van der Waals surface area contributed by atoms with Gasteiger partial charge in [-0.3, -0.25) is 4.79 Å². The molecule has 0 fully saturated rings. The number of aliphatic imine (C=N–C) groups is 1. The third-order valence-corrected chi connectivity index (χ3v) is 3.37. The lowest BCUT2D eigenvalue weighted by atomic mass is 9.98. The topological polar surface area (TPSA) is 29.4 Å². The van der Waals surface area contributed by atoms with Gasteiger partial charge in [-0.05, 0) is 37.6 Å². The highest BCUT2D eigenvalue weighted by Gasteiger charge is 2.37. The molecule has 0 saturated carbocycles. The van der Waals surface area contributed by atoms with Crippen molar-refractivity contribution >= 4 is 17.2 Å². The summed E-state index contributed by atoms with van der Waals surface area (Å²) in [4.78, 5) is 15.9. The van der Waals surface area contributed by atoms with Crippen LogP contribution in [0.25, 0.3) is 0 Å². The zero-order chi connectivity index (χ0) is 17.0. The number of ketones is 1. The van der Waals surface area contributed by atoms with Gasteiger partial charge in [0, 0.05) is 5.56 Å². The number of hydrogen-bond donors (Lipinski definition) is 0. The van der Waals surface area contributed by atoms with Crippen molar-refractivity contribution in [1.29, 1.82) is 0 Å². The van der Waals surface area contributed by atoms with Crippen molar-refractivity contribution in [3.63, 3.8) is 0 Å². The van der Waals surface area contributed by atoms with Gasteiger partial charge in [0.15, 0.2) is 5.78 Å². The van der Waals surface area contributed by atoms with E-state index in [1.165, 1.54) is 12.1 Å². The first-order valence-electron chi connectivity index (χ1n) is 7.07. The number of rotatable bonds is 4. The number of para-hydroxylation sites is 1. The highest BCUT2D eigenvalue weighted by atomic mass is 19.4. The minimum atomic E-state index is -4.65. The molecule has 0 aliphatic rings. The van der Waals surface area contributed by atoms with Crippen molar-refractivity contribution in [3.05, 3.63) is 65.2 Å². The molecule has 5 heteroatoms. The minimum absolute atomic E-state index is 0.175. The van der Waals surface area contributed by atoms with Crippen molar-refractivity contribution < 1.29 is 18.0 Å². The molecule has 0 aliphatic carbocycles. The van der Waals surface area contributed by atoms with Crippen LogP contribution in [-0.4, -0.2) is 17.7 Å². The van der Waals surface area contributed by atoms with Crippen LogP contribution in [0.4, 0.5) is 18.9 Å². The molecule has 2 aromatic rings. The van der Waals surface area contributed by atoms with Crippen LogP contribution in [-0.2, 0) is 0 Å². The molecule has 2 rings (SSSR count). The van der Waals surface area contributed by atoms with Crippen LogP contribution in [0.15, 0.2) is 53.5 Å². The molecule has 0 radical (unpaired) electrons. The zero-order valence-corrected chi connectivity index (χ0v) is 12.8. The fraction of sp³-hybridized carbons (Fsp3) is 0.222. The van der Waals surface area contributed by atoms with E-state index in [-0.39, 0.29) is 5.69 Å². The molecule has 0 aliphatic heterocycles. The number of benzene rings is 2. The highest BCUT2D eigenvalue weighted by molar-refractivity contribution is 6.12. The predicted octanol–water partition coefficient (Wildman–Crippen LogP) is 5.21. The minimum Gasteiger partial charge on any atom is -0.294 e. The molecule has 23 heavy (non-hydrogen) atoms. The van der Waals surface area contributed by atoms with Crippen LogP contribution in [0, 0.1) is 13.8 Å². The van der Waals surface area contributed by atoms with E-state index in [2.05, 4.69) is 4.99 Å². The van der Waals surface area contributed by atoms with Crippen LogP contribution >= 0.6 is 0 Å². The summed E-state index contributed by atoms with van der Waals surface area (Å²) in [5, 5.41) is 0. The lowest BCUT2D eigenvalue weighted by Gasteiger charge is -2.12. The smallest absolute Gasteiger partial charge is 0.294 e. The molecule has 0 amide bonds. The summed E-state index contributed by atoms with van der Waals surface area (Å²) in [6, 6.07) is 13.0. The summed E-state index contributed by atoms with van der Waals surface area (Å²) >= 11 is 0. The Morgan fingerprint density at radius 2 is 1.70 bits per heavy atom. The third kappa shape index (κ3) is 4.52. The SMILES string of the molecule is Cc1ccc(C)c(C(=O)CC(=Nc2ccccc2)C(F)(F)F)c1. The van der Waals surface area contributed by atoms with Crippen LogP contribution in [0.2, 0.25) is 0 Å². The van der Waals surface area contributed by atoms with Crippen molar-refractivity contribution in [2.75, 3.05) is 0 Å². The Labute approximate surface area is 132 Å². The maximum Gasteiger partial charge on any atom is 0.429 e. The van der Waals surface area contributed by atoms with Gasteiger partial charge in [-0.15, -0.1) is 0 Å².